The molecule has 2 heteroatoms. The third-order valence-electron chi connectivity index (χ3n) is 12.1. The van der Waals surface area contributed by atoms with E-state index in [1.807, 2.05) is 0 Å². The molecule has 0 saturated carbocycles. The van der Waals surface area contributed by atoms with Crippen molar-refractivity contribution in [1.82, 2.24) is 4.57 Å². The van der Waals surface area contributed by atoms with Gasteiger partial charge < -0.3 is 8.98 Å². The Balaban J connectivity index is 1.36. The fourth-order valence-electron chi connectivity index (χ4n) is 8.56. The fourth-order valence-corrected chi connectivity index (χ4v) is 8.56. The first-order chi connectivity index (χ1) is 25.4. The van der Waals surface area contributed by atoms with Gasteiger partial charge in [0.05, 0.1) is 16.4 Å². The first-order valence-corrected chi connectivity index (χ1v) is 18.6. The molecule has 52 heavy (non-hydrogen) atoms. The third kappa shape index (κ3) is 4.93. The molecule has 2 aromatic heterocycles. The highest BCUT2D eigenvalue weighted by atomic mass is 16.3. The number of aromatic nitrogens is 1. The molecule has 2 heterocycles. The zero-order valence-corrected chi connectivity index (χ0v) is 30.4. The molecule has 2 unspecified atom stereocenters. The second-order valence-corrected chi connectivity index (χ2v) is 14.7. The Kier molecular flexibility index (Phi) is 7.66. The molecule has 0 radical (unpaired) electrons. The quantitative estimate of drug-likeness (QED) is 0.157. The van der Waals surface area contributed by atoms with Crippen LogP contribution in [0.15, 0.2) is 168 Å². The van der Waals surface area contributed by atoms with Gasteiger partial charge in [-0.15, -0.1) is 0 Å². The number of nitrogens with zero attached hydrogens (tertiary/aromatic N) is 1. The van der Waals surface area contributed by atoms with Crippen LogP contribution < -0.4 is 0 Å². The van der Waals surface area contributed by atoms with Crippen LogP contribution in [-0.4, -0.2) is 4.57 Å². The smallest absolute Gasteiger partial charge is 0.137 e. The maximum atomic E-state index is 6.47. The van der Waals surface area contributed by atoms with Gasteiger partial charge in [0, 0.05) is 32.7 Å². The topological polar surface area (TPSA) is 18.1 Å². The summed E-state index contributed by atoms with van der Waals surface area (Å²) in [6.07, 6.45) is 1.97. The Hall–Kier alpha value is -5.86. The summed E-state index contributed by atoms with van der Waals surface area (Å²) in [6.45, 7) is 9.39. The van der Waals surface area contributed by atoms with Crippen LogP contribution in [0, 0.1) is 0 Å². The molecular weight excluding hydrogens is 631 g/mol. The molecule has 2 atom stereocenters. The van der Waals surface area contributed by atoms with E-state index in [2.05, 4.69) is 196 Å². The first-order valence-electron chi connectivity index (χ1n) is 18.6. The van der Waals surface area contributed by atoms with Crippen LogP contribution in [0.1, 0.15) is 62.8 Å². The largest absolute Gasteiger partial charge is 0.456 e. The zero-order valence-electron chi connectivity index (χ0n) is 30.4. The number of rotatable bonds is 8. The van der Waals surface area contributed by atoms with Crippen molar-refractivity contribution in [3.05, 3.63) is 186 Å². The minimum Gasteiger partial charge on any atom is -0.456 e. The van der Waals surface area contributed by atoms with E-state index in [0.717, 1.165) is 40.5 Å². The number of hydrogen-bond acceptors (Lipinski definition) is 1. The van der Waals surface area contributed by atoms with Crippen LogP contribution in [0.3, 0.4) is 0 Å². The molecule has 0 saturated heterocycles. The van der Waals surface area contributed by atoms with E-state index in [-0.39, 0.29) is 10.8 Å². The van der Waals surface area contributed by atoms with Crippen LogP contribution in [0.2, 0.25) is 0 Å². The molecule has 2 nitrogen and oxygen atoms in total. The van der Waals surface area contributed by atoms with Crippen LogP contribution >= 0.6 is 0 Å². The van der Waals surface area contributed by atoms with Gasteiger partial charge in [0.2, 0.25) is 0 Å². The van der Waals surface area contributed by atoms with Gasteiger partial charge >= 0.3 is 0 Å². The lowest BCUT2D eigenvalue weighted by Gasteiger charge is -2.32. The van der Waals surface area contributed by atoms with E-state index in [1.54, 1.807) is 0 Å². The number of furan rings is 1. The maximum Gasteiger partial charge on any atom is 0.137 e. The lowest BCUT2D eigenvalue weighted by atomic mass is 9.72. The lowest BCUT2D eigenvalue weighted by molar-refractivity contribution is 0.549. The summed E-state index contributed by atoms with van der Waals surface area (Å²) in [7, 11) is 0. The van der Waals surface area contributed by atoms with Crippen LogP contribution in [-0.2, 0) is 10.8 Å². The van der Waals surface area contributed by atoms with Gasteiger partial charge in [-0.05, 0) is 82.6 Å². The number of benzene rings is 7. The number of para-hydroxylation sites is 2. The molecule has 0 N–H and O–H groups in total. The van der Waals surface area contributed by atoms with Gasteiger partial charge in [-0.2, -0.15) is 0 Å². The monoisotopic (exact) mass is 673 g/mol. The van der Waals surface area contributed by atoms with Gasteiger partial charge in [-0.3, -0.25) is 0 Å². The average molecular weight is 674 g/mol. The van der Waals surface area contributed by atoms with E-state index in [9.17, 15) is 0 Å². The molecule has 0 aliphatic carbocycles. The van der Waals surface area contributed by atoms with Crippen molar-refractivity contribution >= 4 is 43.7 Å². The summed E-state index contributed by atoms with van der Waals surface area (Å²) in [5.74, 6) is 0. The molecule has 0 aliphatic rings. The molecule has 0 spiro atoms. The van der Waals surface area contributed by atoms with Crippen molar-refractivity contribution < 1.29 is 4.42 Å². The Morgan fingerprint density at radius 1 is 0.462 bits per heavy atom. The zero-order chi connectivity index (χ0) is 35.5. The van der Waals surface area contributed by atoms with E-state index < -0.39 is 0 Å². The molecule has 7 aromatic carbocycles. The van der Waals surface area contributed by atoms with Crippen LogP contribution in [0.5, 0.6) is 0 Å². The highest BCUT2D eigenvalue weighted by Crippen LogP contribution is 2.44. The van der Waals surface area contributed by atoms with Gasteiger partial charge in [0.25, 0.3) is 0 Å². The molecule has 254 valence electrons. The minimum atomic E-state index is -0.206. The van der Waals surface area contributed by atoms with E-state index in [1.165, 1.54) is 55.2 Å². The fraction of sp³-hybridized carbons (Fsp3) is 0.160. The standard InChI is InChI=1S/C50H43NO/c1-5-49(3,36-19-9-7-10-20-36)38-23-17-18-34(30-38)35-31-39(50(4,6-2)37-21-11-8-12-22-37)33-40(32-35)51-44-26-15-13-24-41(44)42-28-29-46-47(48(42)51)43-25-14-16-27-45(43)52-46/h7-33H,5-6H2,1-4H3. The van der Waals surface area contributed by atoms with Crippen molar-refractivity contribution in [1.29, 1.82) is 0 Å². The van der Waals surface area contributed by atoms with Gasteiger partial charge in [0.15, 0.2) is 0 Å². The average Bonchev–Trinajstić information content (AvgIpc) is 3.76. The van der Waals surface area contributed by atoms with Crippen molar-refractivity contribution in [3.63, 3.8) is 0 Å². The highest BCUT2D eigenvalue weighted by molar-refractivity contribution is 6.24. The summed E-state index contributed by atoms with van der Waals surface area (Å²) in [5.41, 5.74) is 12.8. The van der Waals surface area contributed by atoms with Gasteiger partial charge in [0.1, 0.15) is 11.2 Å². The molecule has 0 bridgehead atoms. The summed E-state index contributed by atoms with van der Waals surface area (Å²) in [6, 6.07) is 60.2. The predicted octanol–water partition coefficient (Wildman–Crippen LogP) is 13.8. The Morgan fingerprint density at radius 3 is 1.77 bits per heavy atom. The maximum absolute atomic E-state index is 6.47. The SMILES string of the molecule is CCC(C)(c1ccccc1)c1cccc(-c2cc(-n3c4ccccc4c4ccc5oc6ccccc6c5c43)cc(C(C)(CC)c3ccccc3)c2)c1. The van der Waals surface area contributed by atoms with Crippen LogP contribution in [0.4, 0.5) is 0 Å². The summed E-state index contributed by atoms with van der Waals surface area (Å²) in [4.78, 5) is 0. The summed E-state index contributed by atoms with van der Waals surface area (Å²) in [5, 5.41) is 4.76. The third-order valence-corrected chi connectivity index (χ3v) is 12.1. The molecular formula is C50H43NO. The molecule has 0 aliphatic heterocycles. The van der Waals surface area contributed by atoms with Crippen molar-refractivity contribution in [3.8, 4) is 16.8 Å². The van der Waals surface area contributed by atoms with E-state index in [0.29, 0.717) is 0 Å². The summed E-state index contributed by atoms with van der Waals surface area (Å²) < 4.78 is 8.97. The van der Waals surface area contributed by atoms with Gasteiger partial charge in [-0.1, -0.05) is 155 Å². The van der Waals surface area contributed by atoms with Crippen molar-refractivity contribution in [2.45, 2.75) is 51.4 Å². The second kappa shape index (κ2) is 12.4. The molecule has 0 amide bonds. The molecule has 0 fully saturated rings. The molecule has 9 rings (SSSR count). The van der Waals surface area contributed by atoms with Crippen molar-refractivity contribution in [2.24, 2.45) is 0 Å². The normalized spacial score (nSPS) is 14.2. The van der Waals surface area contributed by atoms with Gasteiger partial charge in [-0.25, -0.2) is 0 Å². The van der Waals surface area contributed by atoms with Crippen molar-refractivity contribution in [2.75, 3.05) is 0 Å². The number of fused-ring (bicyclic) bond motifs is 7. The van der Waals surface area contributed by atoms with E-state index in [4.69, 9.17) is 4.42 Å². The highest BCUT2D eigenvalue weighted by Gasteiger charge is 2.30. The minimum absolute atomic E-state index is 0.111. The van der Waals surface area contributed by atoms with E-state index >= 15 is 0 Å². The second-order valence-electron chi connectivity index (χ2n) is 14.7. The first kappa shape index (κ1) is 32.1. The van der Waals surface area contributed by atoms with Crippen LogP contribution in [0.25, 0.3) is 60.6 Å². The lowest BCUT2D eigenvalue weighted by Crippen LogP contribution is -2.23. The predicted molar refractivity (Wildman–Crippen MR) is 220 cm³/mol. The Labute approximate surface area is 306 Å². The Bertz CT molecular complexity index is 2730. The summed E-state index contributed by atoms with van der Waals surface area (Å²) >= 11 is 0. The Morgan fingerprint density at radius 2 is 1.06 bits per heavy atom. The molecule has 9 aromatic rings. The number of hydrogen-bond donors (Lipinski definition) is 0.